The quantitative estimate of drug-likeness (QED) is 0.133. The third kappa shape index (κ3) is 13.5. The van der Waals surface area contributed by atoms with Crippen LogP contribution in [-0.4, -0.2) is 4.89 Å². The monoisotopic (exact) mass is 1360 g/mol. The van der Waals surface area contributed by atoms with Gasteiger partial charge in [0.1, 0.15) is 11.5 Å². The number of aryl methyl sites for hydroxylation is 2. The number of halogens is 24. The zero-order valence-electron chi connectivity index (χ0n) is 46.4. The van der Waals surface area contributed by atoms with Gasteiger partial charge >= 0.3 is 57.2 Å². The summed E-state index contributed by atoms with van der Waals surface area (Å²) in [5, 5.41) is 0. The van der Waals surface area contributed by atoms with Crippen molar-refractivity contribution in [2.24, 2.45) is 0 Å². The van der Waals surface area contributed by atoms with E-state index in [-0.39, 0.29) is 121 Å². The van der Waals surface area contributed by atoms with Gasteiger partial charge in [-0.1, -0.05) is 0 Å². The fourth-order valence-corrected chi connectivity index (χ4v) is 12.8. The zero-order valence-corrected chi connectivity index (χ0v) is 47.3. The number of benzene rings is 8. The molecule has 8 aromatic carbocycles. The minimum atomic E-state index is -5.94. The molecule has 2 aliphatic carbocycles. The first kappa shape index (κ1) is 66.3. The molecular weight excluding hydrogens is 1320 g/mol. The van der Waals surface area contributed by atoms with Gasteiger partial charge in [-0.3, -0.25) is 4.89 Å². The SMILES string of the molecule is O=P1(O)Oc2c(-c3cc(-c4cc(C(F)(F)F)cc(C(F)(F)F)c4)cc(-c4cc(C(F)(F)F)cc(C(F)(F)F)c4)c3)cc3c(c2-c2c4c(cc(-c5cc(-c6cc(C(F)(F)F)cc(C(F)(F)F)c6)cc(-c6cc(C(F)(F)F)cc(C(F)(F)F)c6)c5)c2O1)CCCC4)CCCC3. The second kappa shape index (κ2) is 22.5. The zero-order chi connectivity index (χ0) is 67.9. The summed E-state index contributed by atoms with van der Waals surface area (Å²) in [6.45, 7) is 0. The molecule has 1 N–H and O–H groups in total. The normalized spacial score (nSPS) is 15.5. The standard InChI is InChI=1S/C64H37F24O4P/c65-57(66,67)41-15-35(16-42(25-41)58(68,69)70)31-9-32(36-17-43(59(71,72)73)26-44(18-36)60(74,75)76)12-39(11-31)51-23-29-5-1-3-7-49(29)53-54-50-8-4-2-6-30(50)24-52(56(54)92-93(89,90)91-55(51)53)40-13-33(37-19-45(61(77,78)79)27-46(20-37)62(80,81)82)10-34(14-40)38-21-47(63(83,84)85)28-48(22-38)64(86,87)88/h9-28H,1-8H2,(H,89,90). The lowest BCUT2D eigenvalue weighted by Gasteiger charge is -2.28. The van der Waals surface area contributed by atoms with E-state index in [1.54, 1.807) is 0 Å². The van der Waals surface area contributed by atoms with Gasteiger partial charge < -0.3 is 9.05 Å². The molecule has 11 rings (SSSR count). The lowest BCUT2D eigenvalue weighted by molar-refractivity contribution is -0.144. The van der Waals surface area contributed by atoms with Crippen LogP contribution < -0.4 is 9.05 Å². The van der Waals surface area contributed by atoms with Crippen molar-refractivity contribution >= 4 is 7.82 Å². The molecule has 8 aromatic rings. The van der Waals surface area contributed by atoms with Crippen LogP contribution in [0.2, 0.25) is 0 Å². The Bertz CT molecular complexity index is 3800. The van der Waals surface area contributed by atoms with Crippen LogP contribution in [-0.2, 0) is 79.7 Å². The average molecular weight is 1360 g/mol. The molecule has 0 saturated carbocycles. The predicted octanol–water partition coefficient (Wildman–Crippen LogP) is 23.1. The van der Waals surface area contributed by atoms with Crippen molar-refractivity contribution in [3.8, 4) is 89.4 Å². The molecule has 0 atom stereocenters. The number of hydrogen-bond acceptors (Lipinski definition) is 3. The van der Waals surface area contributed by atoms with Crippen LogP contribution in [0.5, 0.6) is 11.5 Å². The summed E-state index contributed by atoms with van der Waals surface area (Å²) in [4.78, 5) is 12.0. The molecule has 0 unspecified atom stereocenters. The van der Waals surface area contributed by atoms with Crippen LogP contribution in [0.15, 0.2) is 121 Å². The van der Waals surface area contributed by atoms with Crippen molar-refractivity contribution in [2.45, 2.75) is 101 Å². The maximum Gasteiger partial charge on any atom is 0.584 e. The second-order valence-electron chi connectivity index (χ2n) is 22.4. The minimum absolute atomic E-state index is 0.0312. The van der Waals surface area contributed by atoms with Crippen molar-refractivity contribution in [1.82, 2.24) is 0 Å². The molecule has 29 heteroatoms. The van der Waals surface area contributed by atoms with Gasteiger partial charge in [-0.25, -0.2) is 4.57 Å². The van der Waals surface area contributed by atoms with Crippen molar-refractivity contribution in [3.05, 3.63) is 188 Å². The van der Waals surface area contributed by atoms with Crippen molar-refractivity contribution in [2.75, 3.05) is 0 Å². The number of alkyl halides is 24. The van der Waals surface area contributed by atoms with E-state index >= 15 is 0 Å². The summed E-state index contributed by atoms with van der Waals surface area (Å²) in [7, 11) is -5.94. The van der Waals surface area contributed by atoms with Crippen molar-refractivity contribution in [1.29, 1.82) is 0 Å². The summed E-state index contributed by atoms with van der Waals surface area (Å²) >= 11 is 0. The summed E-state index contributed by atoms with van der Waals surface area (Å²) in [5.74, 6) is -1.43. The smallest absolute Gasteiger partial charge is 0.394 e. The van der Waals surface area contributed by atoms with Crippen LogP contribution in [0.25, 0.3) is 77.9 Å². The lowest BCUT2D eigenvalue weighted by Crippen LogP contribution is -2.11. The molecule has 0 bridgehead atoms. The van der Waals surface area contributed by atoms with Gasteiger partial charge in [0.15, 0.2) is 0 Å². The van der Waals surface area contributed by atoms with Crippen LogP contribution in [0.1, 0.15) is 92.4 Å². The highest BCUT2D eigenvalue weighted by Crippen LogP contribution is 2.63. The molecule has 490 valence electrons. The first-order chi connectivity index (χ1) is 42.8. The molecule has 4 nitrogen and oxygen atoms in total. The topological polar surface area (TPSA) is 55.8 Å². The second-order valence-corrected chi connectivity index (χ2v) is 23.7. The van der Waals surface area contributed by atoms with Crippen LogP contribution in [0.4, 0.5) is 105 Å². The highest BCUT2D eigenvalue weighted by molar-refractivity contribution is 7.48. The molecular formula is C64H37F24O4P. The Labute approximate surface area is 508 Å². The Balaban J connectivity index is 1.26. The Morgan fingerprint density at radius 3 is 0.677 bits per heavy atom. The molecule has 0 radical (unpaired) electrons. The largest absolute Gasteiger partial charge is 0.584 e. The fourth-order valence-electron chi connectivity index (χ4n) is 11.9. The molecule has 1 aliphatic heterocycles. The molecule has 93 heavy (non-hydrogen) atoms. The van der Waals surface area contributed by atoms with E-state index in [1.807, 2.05) is 0 Å². The Hall–Kier alpha value is -8.13. The van der Waals surface area contributed by atoms with Crippen LogP contribution >= 0.6 is 7.82 Å². The Morgan fingerprint density at radius 2 is 0.462 bits per heavy atom. The van der Waals surface area contributed by atoms with E-state index in [4.69, 9.17) is 9.05 Å². The van der Waals surface area contributed by atoms with Crippen molar-refractivity contribution in [3.63, 3.8) is 0 Å². The highest BCUT2D eigenvalue weighted by atomic mass is 31.2. The van der Waals surface area contributed by atoms with Gasteiger partial charge in [0, 0.05) is 22.3 Å². The number of phosphoric acid groups is 1. The first-order valence-electron chi connectivity index (χ1n) is 27.4. The third-order valence-corrected chi connectivity index (χ3v) is 16.9. The molecule has 0 aromatic heterocycles. The molecule has 0 fully saturated rings. The summed E-state index contributed by atoms with van der Waals surface area (Å²) in [5.41, 5.74) is -23.2. The van der Waals surface area contributed by atoms with Gasteiger partial charge in [0.25, 0.3) is 0 Å². The van der Waals surface area contributed by atoms with Gasteiger partial charge in [0.2, 0.25) is 0 Å². The minimum Gasteiger partial charge on any atom is -0.394 e. The van der Waals surface area contributed by atoms with E-state index in [9.17, 15) is 115 Å². The fraction of sp³-hybridized carbons (Fsp3) is 0.250. The Kier molecular flexibility index (Phi) is 16.1. The molecule has 0 spiro atoms. The molecule has 0 saturated heterocycles. The van der Waals surface area contributed by atoms with E-state index in [2.05, 4.69) is 0 Å². The summed E-state index contributed by atoms with van der Waals surface area (Å²) < 4.78 is 375. The summed E-state index contributed by atoms with van der Waals surface area (Å²) in [6, 6.07) is 8.04. The predicted molar refractivity (Wildman–Crippen MR) is 289 cm³/mol. The highest BCUT2D eigenvalue weighted by Gasteiger charge is 2.44. The van der Waals surface area contributed by atoms with Crippen LogP contribution in [0.3, 0.4) is 0 Å². The van der Waals surface area contributed by atoms with E-state index in [0.29, 0.717) is 48.9 Å². The van der Waals surface area contributed by atoms with E-state index in [1.165, 1.54) is 12.1 Å². The van der Waals surface area contributed by atoms with Gasteiger partial charge in [-0.2, -0.15) is 105 Å². The van der Waals surface area contributed by atoms with E-state index < -0.39 is 180 Å². The number of hydrogen-bond donors (Lipinski definition) is 1. The van der Waals surface area contributed by atoms with Crippen molar-refractivity contribution < 1.29 is 124 Å². The molecule has 1 heterocycles. The number of rotatable bonds is 6. The Morgan fingerprint density at radius 1 is 0.269 bits per heavy atom. The van der Waals surface area contributed by atoms with Gasteiger partial charge in [-0.05, 0) is 251 Å². The maximum absolute atomic E-state index is 14.9. The number of phosphoric ester groups is 1. The number of fused-ring (bicyclic) bond motifs is 7. The van der Waals surface area contributed by atoms with E-state index in [0.717, 1.165) is 24.3 Å². The van der Waals surface area contributed by atoms with Gasteiger partial charge in [-0.15, -0.1) is 0 Å². The molecule has 0 amide bonds. The van der Waals surface area contributed by atoms with Gasteiger partial charge in [0.05, 0.1) is 44.5 Å². The maximum atomic E-state index is 14.9. The molecule has 3 aliphatic rings. The van der Waals surface area contributed by atoms with Crippen LogP contribution in [0, 0.1) is 0 Å². The lowest BCUT2D eigenvalue weighted by atomic mass is 9.77. The summed E-state index contributed by atoms with van der Waals surface area (Å²) in [6.07, 6.45) is -42.7. The average Bonchev–Trinajstić information content (AvgIpc) is 1.69. The first-order valence-corrected chi connectivity index (χ1v) is 28.9. The third-order valence-electron chi connectivity index (χ3n) is 16.0.